The van der Waals surface area contributed by atoms with Crippen molar-refractivity contribution in [2.75, 3.05) is 13.2 Å². The lowest BCUT2D eigenvalue weighted by atomic mass is 9.91. The Morgan fingerprint density at radius 2 is 2.29 bits per heavy atom. The fourth-order valence-electron chi connectivity index (χ4n) is 2.52. The van der Waals surface area contributed by atoms with Gasteiger partial charge in [0.25, 0.3) is 0 Å². The average Bonchev–Trinajstić information content (AvgIpc) is 2.82. The second-order valence-corrected chi connectivity index (χ2v) is 5.04. The van der Waals surface area contributed by atoms with E-state index in [0.29, 0.717) is 5.92 Å². The van der Waals surface area contributed by atoms with Crippen LogP contribution in [0.1, 0.15) is 35.6 Å². The molecule has 2 rings (SSSR count). The molecule has 1 aliphatic rings. The van der Waals surface area contributed by atoms with E-state index in [-0.39, 0.29) is 6.04 Å². The van der Waals surface area contributed by atoms with Crippen molar-refractivity contribution in [3.8, 4) is 0 Å². The highest BCUT2D eigenvalue weighted by Crippen LogP contribution is 2.28. The molecule has 1 aromatic carbocycles. The van der Waals surface area contributed by atoms with Gasteiger partial charge in [-0.2, -0.15) is 0 Å². The van der Waals surface area contributed by atoms with Gasteiger partial charge in [-0.25, -0.2) is 0 Å². The Bertz CT molecular complexity index is 372. The number of rotatable bonds is 4. The van der Waals surface area contributed by atoms with Crippen LogP contribution in [0.15, 0.2) is 18.2 Å². The van der Waals surface area contributed by atoms with Crippen molar-refractivity contribution in [3.63, 3.8) is 0 Å². The summed E-state index contributed by atoms with van der Waals surface area (Å²) in [4.78, 5) is 0. The smallest absolute Gasteiger partial charge is 0.0495 e. The summed E-state index contributed by atoms with van der Waals surface area (Å²) in [6.07, 6.45) is 2.21. The van der Waals surface area contributed by atoms with Gasteiger partial charge in [0.15, 0.2) is 0 Å². The molecule has 1 fully saturated rings. The van der Waals surface area contributed by atoms with Gasteiger partial charge in [0, 0.05) is 19.3 Å². The largest absolute Gasteiger partial charge is 0.381 e. The van der Waals surface area contributed by atoms with Crippen LogP contribution in [0, 0.1) is 19.8 Å². The molecule has 2 atom stereocenters. The van der Waals surface area contributed by atoms with Gasteiger partial charge < -0.3 is 4.74 Å². The van der Waals surface area contributed by atoms with Crippen LogP contribution in [0.3, 0.4) is 0 Å². The van der Waals surface area contributed by atoms with Crippen LogP contribution in [0.2, 0.25) is 0 Å². The van der Waals surface area contributed by atoms with Gasteiger partial charge in [-0.3, -0.25) is 11.3 Å². The molecular weight excluding hydrogens is 212 g/mol. The molecule has 0 spiro atoms. The molecule has 0 amide bonds. The molecular formula is C14H22N2O. The van der Waals surface area contributed by atoms with E-state index in [9.17, 15) is 0 Å². The lowest BCUT2D eigenvalue weighted by Gasteiger charge is -2.21. The van der Waals surface area contributed by atoms with Crippen molar-refractivity contribution in [3.05, 3.63) is 34.9 Å². The van der Waals surface area contributed by atoms with Gasteiger partial charge >= 0.3 is 0 Å². The van der Waals surface area contributed by atoms with E-state index in [0.717, 1.165) is 26.1 Å². The number of hydrogen-bond acceptors (Lipinski definition) is 3. The van der Waals surface area contributed by atoms with Gasteiger partial charge in [0.1, 0.15) is 0 Å². The topological polar surface area (TPSA) is 47.3 Å². The summed E-state index contributed by atoms with van der Waals surface area (Å²) in [6, 6.07) is 6.78. The molecule has 0 aromatic heterocycles. The fraction of sp³-hybridized carbons (Fsp3) is 0.571. The molecule has 3 heteroatoms. The normalized spacial score (nSPS) is 21.7. The molecule has 17 heavy (non-hydrogen) atoms. The van der Waals surface area contributed by atoms with Gasteiger partial charge in [0.2, 0.25) is 0 Å². The minimum Gasteiger partial charge on any atom is -0.381 e. The van der Waals surface area contributed by atoms with Crippen molar-refractivity contribution in [1.82, 2.24) is 5.43 Å². The van der Waals surface area contributed by atoms with Gasteiger partial charge in [0.05, 0.1) is 0 Å². The third-order valence-electron chi connectivity index (χ3n) is 3.60. The van der Waals surface area contributed by atoms with Gasteiger partial charge in [-0.05, 0) is 43.7 Å². The van der Waals surface area contributed by atoms with E-state index in [1.165, 1.54) is 16.7 Å². The summed E-state index contributed by atoms with van der Waals surface area (Å²) >= 11 is 0. The van der Waals surface area contributed by atoms with Gasteiger partial charge in [-0.1, -0.05) is 23.8 Å². The summed E-state index contributed by atoms with van der Waals surface area (Å²) in [7, 11) is 0. The number of hydrazine groups is 1. The lowest BCUT2D eigenvalue weighted by molar-refractivity contribution is 0.181. The Hall–Kier alpha value is -0.900. The minimum absolute atomic E-state index is 0.238. The van der Waals surface area contributed by atoms with E-state index in [1.807, 2.05) is 0 Å². The third-order valence-corrected chi connectivity index (χ3v) is 3.60. The number of nitrogens with one attached hydrogen (secondary N) is 1. The molecule has 0 radical (unpaired) electrons. The first kappa shape index (κ1) is 12.6. The summed E-state index contributed by atoms with van der Waals surface area (Å²) in [5.41, 5.74) is 6.87. The third kappa shape index (κ3) is 3.06. The fourth-order valence-corrected chi connectivity index (χ4v) is 2.52. The quantitative estimate of drug-likeness (QED) is 0.620. The van der Waals surface area contributed by atoms with Crippen LogP contribution in [-0.2, 0) is 4.74 Å². The Morgan fingerprint density at radius 1 is 1.47 bits per heavy atom. The summed E-state index contributed by atoms with van der Waals surface area (Å²) < 4.78 is 5.42. The van der Waals surface area contributed by atoms with Crippen molar-refractivity contribution < 1.29 is 4.74 Å². The molecule has 3 N–H and O–H groups in total. The molecule has 3 nitrogen and oxygen atoms in total. The molecule has 0 saturated carbocycles. The van der Waals surface area contributed by atoms with E-state index >= 15 is 0 Å². The molecule has 1 heterocycles. The van der Waals surface area contributed by atoms with E-state index in [4.69, 9.17) is 10.6 Å². The molecule has 1 saturated heterocycles. The monoisotopic (exact) mass is 234 g/mol. The maximum Gasteiger partial charge on any atom is 0.0495 e. The number of nitrogens with two attached hydrogens (primary N) is 1. The van der Waals surface area contributed by atoms with E-state index in [1.54, 1.807) is 0 Å². The summed E-state index contributed by atoms with van der Waals surface area (Å²) in [5, 5.41) is 0. The van der Waals surface area contributed by atoms with Crippen LogP contribution < -0.4 is 11.3 Å². The highest BCUT2D eigenvalue weighted by atomic mass is 16.5. The van der Waals surface area contributed by atoms with Crippen LogP contribution in [-0.4, -0.2) is 13.2 Å². The average molecular weight is 234 g/mol. The maximum atomic E-state index is 5.71. The van der Waals surface area contributed by atoms with Crippen LogP contribution in [0.25, 0.3) is 0 Å². The SMILES string of the molecule is Cc1ccc(C)c(C(CC2CCOC2)NN)c1. The first-order valence-electron chi connectivity index (χ1n) is 6.31. The predicted octanol–water partition coefficient (Wildman–Crippen LogP) is 2.23. The molecule has 0 aliphatic carbocycles. The Balaban J connectivity index is 2.13. The maximum absolute atomic E-state index is 5.71. The lowest BCUT2D eigenvalue weighted by Crippen LogP contribution is -2.30. The van der Waals surface area contributed by atoms with Crippen molar-refractivity contribution in [1.29, 1.82) is 0 Å². The van der Waals surface area contributed by atoms with Crippen molar-refractivity contribution in [2.24, 2.45) is 11.8 Å². The number of hydrogen-bond donors (Lipinski definition) is 2. The Kier molecular flexibility index (Phi) is 4.15. The zero-order chi connectivity index (χ0) is 12.3. The highest BCUT2D eigenvalue weighted by Gasteiger charge is 2.22. The van der Waals surface area contributed by atoms with E-state index in [2.05, 4.69) is 37.5 Å². The zero-order valence-electron chi connectivity index (χ0n) is 10.7. The van der Waals surface area contributed by atoms with E-state index < -0.39 is 0 Å². The van der Waals surface area contributed by atoms with Crippen molar-refractivity contribution in [2.45, 2.75) is 32.7 Å². The second kappa shape index (κ2) is 5.63. The van der Waals surface area contributed by atoms with Crippen LogP contribution in [0.5, 0.6) is 0 Å². The second-order valence-electron chi connectivity index (χ2n) is 5.04. The minimum atomic E-state index is 0.238. The molecule has 0 bridgehead atoms. The number of benzene rings is 1. The summed E-state index contributed by atoms with van der Waals surface area (Å²) in [5.74, 6) is 6.35. The molecule has 1 aromatic rings. The number of ether oxygens (including phenoxy) is 1. The molecule has 2 unspecified atom stereocenters. The van der Waals surface area contributed by atoms with Crippen molar-refractivity contribution >= 4 is 0 Å². The first-order valence-corrected chi connectivity index (χ1v) is 6.31. The first-order chi connectivity index (χ1) is 8.20. The highest BCUT2D eigenvalue weighted by molar-refractivity contribution is 5.33. The zero-order valence-corrected chi connectivity index (χ0v) is 10.7. The van der Waals surface area contributed by atoms with Crippen LogP contribution >= 0.6 is 0 Å². The Morgan fingerprint density at radius 3 is 2.94 bits per heavy atom. The standard InChI is InChI=1S/C14H22N2O/c1-10-3-4-11(2)13(7-10)14(16-15)8-12-5-6-17-9-12/h3-4,7,12,14,16H,5-6,8-9,15H2,1-2H3. The van der Waals surface area contributed by atoms with Crippen LogP contribution in [0.4, 0.5) is 0 Å². The molecule has 1 aliphatic heterocycles. The Labute approximate surface area is 103 Å². The predicted molar refractivity (Wildman–Crippen MR) is 69.5 cm³/mol. The summed E-state index contributed by atoms with van der Waals surface area (Å²) in [6.45, 7) is 6.04. The van der Waals surface area contributed by atoms with Gasteiger partial charge in [-0.15, -0.1) is 0 Å². The number of aryl methyl sites for hydroxylation is 2. The molecule has 94 valence electrons.